The standard InChI is InChI=1S/C19H15BrF3N3O2/c20-10-14-11-24-26-18(14)13-2-1-3-15(9-13)25-17(27)8-12-4-6-16(7-5-12)28-19(21,22)23/h1-7,9,11H,8,10H2,(H,24,26)(H,25,27). The summed E-state index contributed by atoms with van der Waals surface area (Å²) in [5.74, 6) is -0.613. The van der Waals surface area contributed by atoms with Crippen molar-refractivity contribution in [1.82, 2.24) is 10.2 Å². The van der Waals surface area contributed by atoms with E-state index in [1.54, 1.807) is 12.3 Å². The van der Waals surface area contributed by atoms with Crippen LogP contribution in [0.15, 0.2) is 54.7 Å². The van der Waals surface area contributed by atoms with E-state index < -0.39 is 6.36 Å². The Morgan fingerprint density at radius 2 is 1.93 bits per heavy atom. The molecule has 0 unspecified atom stereocenters. The van der Waals surface area contributed by atoms with Crippen LogP contribution in [0, 0.1) is 0 Å². The third-order valence-corrected chi connectivity index (χ3v) is 4.42. The zero-order chi connectivity index (χ0) is 20.1. The summed E-state index contributed by atoms with van der Waals surface area (Å²) in [6.45, 7) is 0. The monoisotopic (exact) mass is 453 g/mol. The molecule has 0 aliphatic carbocycles. The summed E-state index contributed by atoms with van der Waals surface area (Å²) in [5.41, 5.74) is 3.89. The number of benzene rings is 2. The van der Waals surface area contributed by atoms with Gasteiger partial charge in [0.2, 0.25) is 5.91 Å². The molecule has 0 saturated carbocycles. The number of amides is 1. The maximum atomic E-state index is 12.3. The molecule has 1 heterocycles. The van der Waals surface area contributed by atoms with Crippen molar-refractivity contribution in [1.29, 1.82) is 0 Å². The van der Waals surface area contributed by atoms with Crippen molar-refractivity contribution in [3.05, 3.63) is 65.9 Å². The first-order chi connectivity index (χ1) is 13.3. The Bertz CT molecular complexity index is 956. The van der Waals surface area contributed by atoms with Gasteiger partial charge >= 0.3 is 6.36 Å². The summed E-state index contributed by atoms with van der Waals surface area (Å²) in [4.78, 5) is 12.3. The highest BCUT2D eigenvalue weighted by Gasteiger charge is 2.30. The Morgan fingerprint density at radius 1 is 1.18 bits per heavy atom. The van der Waals surface area contributed by atoms with Gasteiger partial charge in [0.05, 0.1) is 18.3 Å². The smallest absolute Gasteiger partial charge is 0.406 e. The molecule has 0 radical (unpaired) electrons. The molecule has 2 aromatic carbocycles. The third kappa shape index (κ3) is 5.35. The maximum absolute atomic E-state index is 12.3. The van der Waals surface area contributed by atoms with E-state index in [-0.39, 0.29) is 18.1 Å². The summed E-state index contributed by atoms with van der Waals surface area (Å²) in [6, 6.07) is 12.5. The average Bonchev–Trinajstić information content (AvgIpc) is 3.11. The van der Waals surface area contributed by atoms with Crippen molar-refractivity contribution in [2.75, 3.05) is 5.32 Å². The number of ether oxygens (including phenoxy) is 1. The van der Waals surface area contributed by atoms with E-state index in [4.69, 9.17) is 0 Å². The third-order valence-electron chi connectivity index (χ3n) is 3.82. The van der Waals surface area contributed by atoms with Gasteiger partial charge in [0.25, 0.3) is 0 Å². The highest BCUT2D eigenvalue weighted by atomic mass is 79.9. The Balaban J connectivity index is 1.64. The molecule has 9 heteroatoms. The number of aromatic nitrogens is 2. The molecule has 28 heavy (non-hydrogen) atoms. The highest BCUT2D eigenvalue weighted by molar-refractivity contribution is 9.08. The van der Waals surface area contributed by atoms with E-state index in [0.29, 0.717) is 16.6 Å². The molecule has 0 aliphatic heterocycles. The van der Waals surface area contributed by atoms with Gasteiger partial charge in [0.1, 0.15) is 5.75 Å². The summed E-state index contributed by atoms with van der Waals surface area (Å²) >= 11 is 3.40. The Morgan fingerprint density at radius 3 is 2.61 bits per heavy atom. The number of carbonyl (C=O) groups excluding carboxylic acids is 1. The number of alkyl halides is 4. The minimum atomic E-state index is -4.74. The van der Waals surface area contributed by atoms with E-state index >= 15 is 0 Å². The Kier molecular flexibility index (Phi) is 6.03. The van der Waals surface area contributed by atoms with Gasteiger partial charge in [-0.2, -0.15) is 5.10 Å². The van der Waals surface area contributed by atoms with Crippen LogP contribution in [0.3, 0.4) is 0 Å². The van der Waals surface area contributed by atoms with E-state index in [0.717, 1.165) is 16.8 Å². The van der Waals surface area contributed by atoms with E-state index in [9.17, 15) is 18.0 Å². The lowest BCUT2D eigenvalue weighted by Gasteiger charge is -2.10. The molecule has 0 spiro atoms. The molecule has 3 rings (SSSR count). The topological polar surface area (TPSA) is 67.0 Å². The van der Waals surface area contributed by atoms with Crippen LogP contribution in [-0.4, -0.2) is 22.5 Å². The van der Waals surface area contributed by atoms with Gasteiger partial charge < -0.3 is 10.1 Å². The molecule has 0 aliphatic rings. The summed E-state index contributed by atoms with van der Waals surface area (Å²) in [5, 5.41) is 10.4. The Hall–Kier alpha value is -2.81. The molecule has 2 N–H and O–H groups in total. The number of rotatable bonds is 6. The van der Waals surface area contributed by atoms with Crippen LogP contribution in [0.25, 0.3) is 11.3 Å². The molecular formula is C19H15BrF3N3O2. The summed E-state index contributed by atoms with van der Waals surface area (Å²) < 4.78 is 40.4. The number of carbonyl (C=O) groups is 1. The minimum absolute atomic E-state index is 0.0211. The van der Waals surface area contributed by atoms with E-state index in [1.165, 1.54) is 24.3 Å². The van der Waals surface area contributed by atoms with Gasteiger partial charge in [-0.25, -0.2) is 0 Å². The second-order valence-corrected chi connectivity index (χ2v) is 6.46. The SMILES string of the molecule is O=C(Cc1ccc(OC(F)(F)F)cc1)Nc1cccc(-c2[nH]ncc2CBr)c1. The minimum Gasteiger partial charge on any atom is -0.406 e. The van der Waals surface area contributed by atoms with Crippen molar-refractivity contribution in [2.24, 2.45) is 0 Å². The van der Waals surface area contributed by atoms with Crippen molar-refractivity contribution in [2.45, 2.75) is 18.1 Å². The van der Waals surface area contributed by atoms with Crippen LogP contribution in [0.5, 0.6) is 5.75 Å². The van der Waals surface area contributed by atoms with Gasteiger partial charge in [-0.15, -0.1) is 13.2 Å². The van der Waals surface area contributed by atoms with Crippen molar-refractivity contribution >= 4 is 27.5 Å². The number of nitrogens with one attached hydrogen (secondary N) is 2. The van der Waals surface area contributed by atoms with Crippen molar-refractivity contribution < 1.29 is 22.7 Å². The lowest BCUT2D eigenvalue weighted by Crippen LogP contribution is -2.17. The van der Waals surface area contributed by atoms with Crippen molar-refractivity contribution in [3.63, 3.8) is 0 Å². The van der Waals surface area contributed by atoms with Crippen molar-refractivity contribution in [3.8, 4) is 17.0 Å². The number of halogens is 4. The van der Waals surface area contributed by atoms with Crippen LogP contribution in [0.2, 0.25) is 0 Å². The van der Waals surface area contributed by atoms with E-state index in [1.807, 2.05) is 18.2 Å². The molecular weight excluding hydrogens is 439 g/mol. The lowest BCUT2D eigenvalue weighted by molar-refractivity contribution is -0.274. The summed E-state index contributed by atoms with van der Waals surface area (Å²) in [7, 11) is 0. The van der Waals surface area contributed by atoms with Gasteiger partial charge in [0.15, 0.2) is 0 Å². The molecule has 0 bridgehead atoms. The number of hydrogen-bond acceptors (Lipinski definition) is 3. The van der Waals surface area contributed by atoms with E-state index in [2.05, 4.69) is 36.2 Å². The number of H-pyrrole nitrogens is 1. The molecule has 1 aromatic heterocycles. The first-order valence-electron chi connectivity index (χ1n) is 8.17. The van der Waals surface area contributed by atoms with Crippen LogP contribution in [-0.2, 0) is 16.5 Å². The fraction of sp³-hybridized carbons (Fsp3) is 0.158. The quantitative estimate of drug-likeness (QED) is 0.513. The van der Waals surface area contributed by atoms with Crippen LogP contribution >= 0.6 is 15.9 Å². The molecule has 0 atom stereocenters. The molecule has 0 fully saturated rings. The van der Waals surface area contributed by atoms with Gasteiger partial charge in [-0.1, -0.05) is 40.2 Å². The van der Waals surface area contributed by atoms with Gasteiger partial charge in [-0.05, 0) is 29.8 Å². The van der Waals surface area contributed by atoms with Gasteiger partial charge in [0, 0.05) is 22.1 Å². The lowest BCUT2D eigenvalue weighted by atomic mass is 10.1. The molecule has 0 saturated heterocycles. The molecule has 3 aromatic rings. The zero-order valence-corrected chi connectivity index (χ0v) is 16.0. The fourth-order valence-electron chi connectivity index (χ4n) is 2.61. The number of hydrogen-bond donors (Lipinski definition) is 2. The normalized spacial score (nSPS) is 11.3. The molecule has 146 valence electrons. The second kappa shape index (κ2) is 8.47. The summed E-state index contributed by atoms with van der Waals surface area (Å²) in [6.07, 6.45) is -3.00. The van der Waals surface area contributed by atoms with Crippen LogP contribution < -0.4 is 10.1 Å². The zero-order valence-electron chi connectivity index (χ0n) is 14.4. The van der Waals surface area contributed by atoms with Crippen LogP contribution in [0.4, 0.5) is 18.9 Å². The fourth-order valence-corrected chi connectivity index (χ4v) is 3.04. The average molecular weight is 454 g/mol. The number of anilines is 1. The van der Waals surface area contributed by atoms with Crippen LogP contribution in [0.1, 0.15) is 11.1 Å². The maximum Gasteiger partial charge on any atom is 0.573 e. The Labute approximate surface area is 167 Å². The first-order valence-corrected chi connectivity index (χ1v) is 9.29. The second-order valence-electron chi connectivity index (χ2n) is 5.90. The largest absolute Gasteiger partial charge is 0.573 e. The number of aromatic amines is 1. The highest BCUT2D eigenvalue weighted by Crippen LogP contribution is 2.26. The first kappa shape index (κ1) is 19.9. The molecule has 1 amide bonds. The predicted molar refractivity (Wildman–Crippen MR) is 102 cm³/mol. The number of nitrogens with zero attached hydrogens (tertiary/aromatic N) is 1. The predicted octanol–water partition coefficient (Wildman–Crippen LogP) is 5.05. The molecule has 5 nitrogen and oxygen atoms in total. The van der Waals surface area contributed by atoms with Gasteiger partial charge in [-0.3, -0.25) is 9.89 Å².